The Morgan fingerprint density at radius 1 is 1.57 bits per heavy atom. The molecule has 2 aliphatic rings. The Kier molecular flexibility index (Phi) is 2.33. The summed E-state index contributed by atoms with van der Waals surface area (Å²) in [5.74, 6) is 0.0643. The zero-order valence-corrected chi connectivity index (χ0v) is 8.58. The number of hydrogen-bond acceptors (Lipinski definition) is 2. The van der Waals surface area contributed by atoms with Crippen molar-refractivity contribution in [3.8, 4) is 0 Å². The molecule has 1 saturated heterocycles. The van der Waals surface area contributed by atoms with E-state index in [0.717, 1.165) is 38.4 Å². The fourth-order valence-electron chi connectivity index (χ4n) is 2.92. The lowest BCUT2D eigenvalue weighted by Crippen LogP contribution is -2.45. The minimum Gasteiger partial charge on any atom is -0.350 e. The van der Waals surface area contributed by atoms with Gasteiger partial charge in [0.2, 0.25) is 5.91 Å². The molecule has 3 atom stereocenters. The number of piperidine rings is 1. The van der Waals surface area contributed by atoms with Crippen molar-refractivity contribution in [2.75, 3.05) is 0 Å². The molecule has 0 aromatic rings. The fraction of sp³-hybridized carbons (Fsp3) is 0.818. The van der Waals surface area contributed by atoms with Gasteiger partial charge in [-0.2, -0.15) is 0 Å². The third-order valence-corrected chi connectivity index (χ3v) is 3.66. The maximum absolute atomic E-state index is 11.5. The topological polar surface area (TPSA) is 46.2 Å². The highest BCUT2D eigenvalue weighted by Gasteiger charge is 2.54. The predicted molar refractivity (Wildman–Crippen MR) is 52.7 cm³/mol. The molecule has 1 heterocycles. The van der Waals surface area contributed by atoms with E-state index in [1.165, 1.54) is 0 Å². The molecule has 14 heavy (non-hydrogen) atoms. The van der Waals surface area contributed by atoms with E-state index >= 15 is 0 Å². The first-order valence-corrected chi connectivity index (χ1v) is 5.48. The highest BCUT2D eigenvalue weighted by atomic mass is 16.2. The van der Waals surface area contributed by atoms with Crippen LogP contribution in [0.25, 0.3) is 0 Å². The molecule has 2 rings (SSSR count). The Bertz CT molecular complexity index is 260. The number of aldehydes is 1. The molecule has 0 unspecified atom stereocenters. The second-order valence-electron chi connectivity index (χ2n) is 4.69. The number of carbonyl (C=O) groups is 2. The van der Waals surface area contributed by atoms with Crippen molar-refractivity contribution in [2.24, 2.45) is 11.8 Å². The Labute approximate surface area is 84.2 Å². The van der Waals surface area contributed by atoms with E-state index in [-0.39, 0.29) is 23.3 Å². The summed E-state index contributed by atoms with van der Waals surface area (Å²) in [5, 5.41) is 3.07. The zero-order valence-electron chi connectivity index (χ0n) is 8.58. The molecule has 0 aromatic carbocycles. The summed E-state index contributed by atoms with van der Waals surface area (Å²) in [7, 11) is 0. The van der Waals surface area contributed by atoms with Crippen LogP contribution in [0.4, 0.5) is 0 Å². The number of rotatable bonds is 4. The van der Waals surface area contributed by atoms with Crippen LogP contribution in [0.1, 0.15) is 39.0 Å². The maximum atomic E-state index is 11.5. The second kappa shape index (κ2) is 3.37. The van der Waals surface area contributed by atoms with Gasteiger partial charge < -0.3 is 10.1 Å². The first-order chi connectivity index (χ1) is 6.71. The third-order valence-electron chi connectivity index (χ3n) is 3.66. The van der Waals surface area contributed by atoms with Crippen molar-refractivity contribution < 1.29 is 9.59 Å². The molecule has 3 heteroatoms. The Hall–Kier alpha value is -0.860. The van der Waals surface area contributed by atoms with Gasteiger partial charge in [0.05, 0.1) is 0 Å². The summed E-state index contributed by atoms with van der Waals surface area (Å²) in [4.78, 5) is 22.3. The van der Waals surface area contributed by atoms with Gasteiger partial charge in [-0.1, -0.05) is 19.8 Å². The summed E-state index contributed by atoms with van der Waals surface area (Å²) < 4.78 is 0. The van der Waals surface area contributed by atoms with Crippen molar-refractivity contribution in [2.45, 2.75) is 44.6 Å². The van der Waals surface area contributed by atoms with E-state index < -0.39 is 0 Å². The Morgan fingerprint density at radius 3 is 2.93 bits per heavy atom. The molecule has 1 N–H and O–H groups in total. The quantitative estimate of drug-likeness (QED) is 0.687. The summed E-state index contributed by atoms with van der Waals surface area (Å²) >= 11 is 0. The van der Waals surface area contributed by atoms with Gasteiger partial charge >= 0.3 is 0 Å². The average molecular weight is 195 g/mol. The van der Waals surface area contributed by atoms with Crippen molar-refractivity contribution in [3.05, 3.63) is 0 Å². The van der Waals surface area contributed by atoms with Crippen LogP contribution in [0.5, 0.6) is 0 Å². The maximum Gasteiger partial charge on any atom is 0.224 e. The van der Waals surface area contributed by atoms with E-state index in [2.05, 4.69) is 12.2 Å². The fourth-order valence-corrected chi connectivity index (χ4v) is 2.92. The average Bonchev–Trinajstić information content (AvgIpc) is 2.69. The summed E-state index contributed by atoms with van der Waals surface area (Å²) in [5.41, 5.74) is -0.0245. The van der Waals surface area contributed by atoms with Gasteiger partial charge in [0, 0.05) is 17.4 Å². The van der Waals surface area contributed by atoms with Gasteiger partial charge in [-0.3, -0.25) is 4.79 Å². The van der Waals surface area contributed by atoms with Gasteiger partial charge in [0.15, 0.2) is 0 Å². The lowest BCUT2D eigenvalue weighted by molar-refractivity contribution is -0.129. The van der Waals surface area contributed by atoms with Gasteiger partial charge in [-0.15, -0.1) is 0 Å². The van der Waals surface area contributed by atoms with Gasteiger partial charge in [-0.25, -0.2) is 0 Å². The number of fused-ring (bicyclic) bond motifs is 2. The van der Waals surface area contributed by atoms with E-state index in [1.807, 2.05) is 0 Å². The molecular weight excluding hydrogens is 178 g/mol. The smallest absolute Gasteiger partial charge is 0.224 e. The molecule has 0 spiro atoms. The normalized spacial score (nSPS) is 39.9. The summed E-state index contributed by atoms with van der Waals surface area (Å²) in [6.07, 6.45) is 6.04. The van der Waals surface area contributed by atoms with E-state index in [4.69, 9.17) is 0 Å². The molecule has 0 aromatic heterocycles. The number of hydrogen-bond donors (Lipinski definition) is 1. The lowest BCUT2D eigenvalue weighted by atomic mass is 9.89. The van der Waals surface area contributed by atoms with Crippen molar-refractivity contribution in [3.63, 3.8) is 0 Å². The second-order valence-corrected chi connectivity index (χ2v) is 4.69. The number of unbranched alkanes of at least 4 members (excludes halogenated alkanes) is 1. The highest BCUT2D eigenvalue weighted by Crippen LogP contribution is 2.46. The van der Waals surface area contributed by atoms with E-state index in [1.54, 1.807) is 0 Å². The molecule has 2 fully saturated rings. The van der Waals surface area contributed by atoms with Crippen molar-refractivity contribution in [1.82, 2.24) is 5.32 Å². The number of carbonyl (C=O) groups excluding carboxylic acids is 2. The van der Waals surface area contributed by atoms with Crippen molar-refractivity contribution in [1.29, 1.82) is 0 Å². The van der Waals surface area contributed by atoms with Crippen LogP contribution >= 0.6 is 0 Å². The number of amides is 1. The number of nitrogens with one attached hydrogen (secondary N) is 1. The van der Waals surface area contributed by atoms with Gasteiger partial charge in [0.25, 0.3) is 0 Å². The SMILES string of the molecule is CCCC[C@]12C[C@H](C(=O)N1)[C@@H](C=O)C2. The van der Waals surface area contributed by atoms with Crippen LogP contribution in [0, 0.1) is 11.8 Å². The predicted octanol–water partition coefficient (Wildman–Crippen LogP) is 1.27. The van der Waals surface area contributed by atoms with Crippen LogP contribution in [0.15, 0.2) is 0 Å². The summed E-state index contributed by atoms with van der Waals surface area (Å²) in [6, 6.07) is 0. The molecule has 1 aliphatic carbocycles. The van der Waals surface area contributed by atoms with Crippen molar-refractivity contribution >= 4 is 12.2 Å². The largest absolute Gasteiger partial charge is 0.350 e. The van der Waals surface area contributed by atoms with Gasteiger partial charge in [-0.05, 0) is 19.3 Å². The molecular formula is C11H17NO2. The van der Waals surface area contributed by atoms with Crippen LogP contribution in [-0.2, 0) is 9.59 Å². The zero-order chi connectivity index (χ0) is 10.2. The molecule has 78 valence electrons. The third kappa shape index (κ3) is 1.35. The highest BCUT2D eigenvalue weighted by molar-refractivity contribution is 5.87. The molecule has 2 bridgehead atoms. The molecule has 1 saturated carbocycles. The Balaban J connectivity index is 2.08. The Morgan fingerprint density at radius 2 is 2.36 bits per heavy atom. The molecule has 3 nitrogen and oxygen atoms in total. The summed E-state index contributed by atoms with van der Waals surface area (Å²) in [6.45, 7) is 2.15. The van der Waals surface area contributed by atoms with E-state index in [0.29, 0.717) is 0 Å². The van der Waals surface area contributed by atoms with Crippen LogP contribution in [0.3, 0.4) is 0 Å². The lowest BCUT2D eigenvalue weighted by Gasteiger charge is -2.29. The standard InChI is InChI=1S/C11H17NO2/c1-2-3-4-11-5-8(7-13)9(6-11)10(14)12-11/h7-9H,2-6H2,1H3,(H,12,14)/t8-,9+,11+/m1/s1. The monoisotopic (exact) mass is 195 g/mol. The van der Waals surface area contributed by atoms with Crippen LogP contribution in [0.2, 0.25) is 0 Å². The van der Waals surface area contributed by atoms with Crippen LogP contribution in [-0.4, -0.2) is 17.7 Å². The molecule has 1 amide bonds. The first kappa shape index (κ1) is 9.69. The van der Waals surface area contributed by atoms with Gasteiger partial charge in [0.1, 0.15) is 6.29 Å². The minimum absolute atomic E-state index is 0.0133. The molecule has 1 aliphatic heterocycles. The minimum atomic E-state index is -0.0245. The van der Waals surface area contributed by atoms with E-state index in [9.17, 15) is 9.59 Å². The first-order valence-electron chi connectivity index (χ1n) is 5.48. The molecule has 0 radical (unpaired) electrons. The van der Waals surface area contributed by atoms with Crippen LogP contribution < -0.4 is 5.32 Å².